The van der Waals surface area contributed by atoms with Crippen molar-refractivity contribution in [3.05, 3.63) is 107 Å². The zero-order valence-electron chi connectivity index (χ0n) is 16.5. The third-order valence-electron chi connectivity index (χ3n) is 4.84. The summed E-state index contributed by atoms with van der Waals surface area (Å²) in [5.74, 6) is 0.867. The molecule has 0 N–H and O–H groups in total. The van der Waals surface area contributed by atoms with Crippen molar-refractivity contribution in [2.45, 2.75) is 20.0 Å². The molecule has 1 aromatic heterocycles. The van der Waals surface area contributed by atoms with Gasteiger partial charge in [-0.3, -0.25) is 4.57 Å². The van der Waals surface area contributed by atoms with E-state index in [4.69, 9.17) is 21.3 Å². The van der Waals surface area contributed by atoms with E-state index in [9.17, 15) is 0 Å². The molecule has 0 fully saturated rings. The number of aromatic nitrogens is 2. The van der Waals surface area contributed by atoms with Crippen LogP contribution >= 0.6 is 11.6 Å². The summed E-state index contributed by atoms with van der Waals surface area (Å²) < 4.78 is 8.33. The van der Waals surface area contributed by atoms with Crippen molar-refractivity contribution < 1.29 is 4.74 Å². The van der Waals surface area contributed by atoms with Crippen molar-refractivity contribution in [2.75, 3.05) is 6.61 Å². The van der Waals surface area contributed by atoms with Crippen LogP contribution in [0.2, 0.25) is 5.02 Å². The Morgan fingerprint density at radius 2 is 1.76 bits per heavy atom. The first-order valence-electron chi connectivity index (χ1n) is 9.74. The van der Waals surface area contributed by atoms with Crippen LogP contribution in [0.3, 0.4) is 0 Å². The minimum atomic E-state index is -0.230. The van der Waals surface area contributed by atoms with Crippen LogP contribution in [0.25, 0.3) is 17.1 Å². The van der Waals surface area contributed by atoms with Crippen LogP contribution < -0.4 is 0 Å². The highest BCUT2D eigenvalue weighted by atomic mass is 35.5. The maximum Gasteiger partial charge on any atom is 0.144 e. The topological polar surface area (TPSA) is 27.1 Å². The number of rotatable bonds is 6. The molecule has 0 saturated carbocycles. The normalized spacial score (nSPS) is 12.1. The zero-order chi connectivity index (χ0) is 20.2. The molecule has 0 spiro atoms. The molecule has 4 rings (SSSR count). The second-order valence-corrected chi connectivity index (χ2v) is 7.37. The quantitative estimate of drug-likeness (QED) is 0.362. The Morgan fingerprint density at radius 1 is 0.966 bits per heavy atom. The molecule has 0 aliphatic rings. The minimum absolute atomic E-state index is 0.230. The molecular formula is C25H23ClN2O. The van der Waals surface area contributed by atoms with Gasteiger partial charge in [-0.05, 0) is 43.7 Å². The number of benzene rings is 3. The number of nitrogens with zero attached hydrogens (tertiary/aromatic N) is 2. The predicted molar refractivity (Wildman–Crippen MR) is 119 cm³/mol. The maximum atomic E-state index is 6.33. The average molecular weight is 403 g/mol. The molecule has 0 aliphatic carbocycles. The molecule has 146 valence electrons. The fraction of sp³-hybridized carbons (Fsp3) is 0.160. The van der Waals surface area contributed by atoms with E-state index in [-0.39, 0.29) is 6.10 Å². The molecule has 0 amide bonds. The van der Waals surface area contributed by atoms with Crippen molar-refractivity contribution in [2.24, 2.45) is 0 Å². The molecule has 4 heteroatoms. The summed E-state index contributed by atoms with van der Waals surface area (Å²) in [6.07, 6.45) is 1.68. The number of ether oxygens (including phenoxy) is 1. The third kappa shape index (κ3) is 4.12. The lowest BCUT2D eigenvalue weighted by molar-refractivity contribution is 0.0873. The predicted octanol–water partition coefficient (Wildman–Crippen LogP) is 6.63. The SMILES string of the molecule is CCOC(c1ccccc1)c1cnc(-c2cccc(C)c2)n1-c1cccc(Cl)c1. The summed E-state index contributed by atoms with van der Waals surface area (Å²) in [4.78, 5) is 4.80. The molecule has 1 unspecified atom stereocenters. The summed E-state index contributed by atoms with van der Waals surface area (Å²) >= 11 is 6.33. The molecule has 0 saturated heterocycles. The Hall–Kier alpha value is -2.88. The second kappa shape index (κ2) is 8.64. The summed E-state index contributed by atoms with van der Waals surface area (Å²) in [5.41, 5.74) is 5.26. The molecule has 1 atom stereocenters. The van der Waals surface area contributed by atoms with Gasteiger partial charge >= 0.3 is 0 Å². The molecule has 0 radical (unpaired) electrons. The molecule has 3 nitrogen and oxygen atoms in total. The highest BCUT2D eigenvalue weighted by Crippen LogP contribution is 2.33. The lowest BCUT2D eigenvalue weighted by Gasteiger charge is -2.21. The summed E-state index contributed by atoms with van der Waals surface area (Å²) in [5, 5.41) is 0.685. The van der Waals surface area contributed by atoms with Crippen LogP contribution in [-0.4, -0.2) is 16.2 Å². The monoisotopic (exact) mass is 402 g/mol. The van der Waals surface area contributed by atoms with Crippen LogP contribution in [-0.2, 0) is 4.74 Å². The highest BCUT2D eigenvalue weighted by molar-refractivity contribution is 6.30. The lowest BCUT2D eigenvalue weighted by atomic mass is 10.1. The smallest absolute Gasteiger partial charge is 0.144 e. The molecular weight excluding hydrogens is 380 g/mol. The van der Waals surface area contributed by atoms with Gasteiger partial charge in [0.05, 0.1) is 11.9 Å². The second-order valence-electron chi connectivity index (χ2n) is 6.94. The van der Waals surface area contributed by atoms with E-state index < -0.39 is 0 Å². The van der Waals surface area contributed by atoms with Gasteiger partial charge in [0.25, 0.3) is 0 Å². The van der Waals surface area contributed by atoms with Crippen molar-refractivity contribution in [3.63, 3.8) is 0 Å². The Morgan fingerprint density at radius 3 is 2.48 bits per heavy atom. The van der Waals surface area contributed by atoms with E-state index in [1.54, 1.807) is 0 Å². The fourth-order valence-corrected chi connectivity index (χ4v) is 3.76. The van der Waals surface area contributed by atoms with Gasteiger partial charge in [-0.1, -0.05) is 71.8 Å². The first-order chi connectivity index (χ1) is 14.2. The van der Waals surface area contributed by atoms with Gasteiger partial charge in [0.1, 0.15) is 11.9 Å². The average Bonchev–Trinajstić information content (AvgIpc) is 3.17. The van der Waals surface area contributed by atoms with Gasteiger partial charge in [-0.25, -0.2) is 4.98 Å². The molecule has 3 aromatic carbocycles. The van der Waals surface area contributed by atoms with Crippen molar-refractivity contribution >= 4 is 11.6 Å². The van der Waals surface area contributed by atoms with Crippen LogP contribution in [0.1, 0.15) is 29.8 Å². The number of imidazole rings is 1. The van der Waals surface area contributed by atoms with Crippen LogP contribution in [0.4, 0.5) is 0 Å². The standard InChI is InChI=1S/C25H23ClN2O/c1-3-29-24(19-10-5-4-6-11-19)23-17-27-25(20-12-7-9-18(2)15-20)28(23)22-14-8-13-21(26)16-22/h4-17,24H,3H2,1-2H3. The summed E-state index contributed by atoms with van der Waals surface area (Å²) in [7, 11) is 0. The molecule has 4 aromatic rings. The van der Waals surface area contributed by atoms with E-state index >= 15 is 0 Å². The van der Waals surface area contributed by atoms with Gasteiger partial charge < -0.3 is 4.74 Å². The van der Waals surface area contributed by atoms with Crippen molar-refractivity contribution in [1.29, 1.82) is 0 Å². The first-order valence-corrected chi connectivity index (χ1v) is 10.1. The van der Waals surface area contributed by atoms with Gasteiger partial charge in [0.2, 0.25) is 0 Å². The largest absolute Gasteiger partial charge is 0.367 e. The first kappa shape index (κ1) is 19.4. The Labute approximate surface area is 176 Å². The third-order valence-corrected chi connectivity index (χ3v) is 5.07. The Bertz CT molecular complexity index is 1100. The number of hydrogen-bond donors (Lipinski definition) is 0. The zero-order valence-corrected chi connectivity index (χ0v) is 17.3. The number of hydrogen-bond acceptors (Lipinski definition) is 2. The van der Waals surface area contributed by atoms with Crippen LogP contribution in [0.5, 0.6) is 0 Å². The van der Waals surface area contributed by atoms with E-state index in [1.165, 1.54) is 5.56 Å². The Balaban J connectivity index is 1.94. The van der Waals surface area contributed by atoms with E-state index in [1.807, 2.05) is 55.6 Å². The van der Waals surface area contributed by atoms with Crippen molar-refractivity contribution in [1.82, 2.24) is 9.55 Å². The van der Waals surface area contributed by atoms with E-state index in [0.29, 0.717) is 11.6 Å². The highest BCUT2D eigenvalue weighted by Gasteiger charge is 2.23. The maximum absolute atomic E-state index is 6.33. The fourth-order valence-electron chi connectivity index (χ4n) is 3.57. The Kier molecular flexibility index (Phi) is 5.79. The van der Waals surface area contributed by atoms with Crippen LogP contribution in [0, 0.1) is 6.92 Å². The molecule has 0 aliphatic heterocycles. The molecule has 29 heavy (non-hydrogen) atoms. The summed E-state index contributed by atoms with van der Waals surface area (Å²) in [6.45, 7) is 4.70. The van der Waals surface area contributed by atoms with Crippen molar-refractivity contribution in [3.8, 4) is 17.1 Å². The number of halogens is 1. The lowest BCUT2D eigenvalue weighted by Crippen LogP contribution is -2.12. The van der Waals surface area contributed by atoms with E-state index in [2.05, 4.69) is 47.9 Å². The van der Waals surface area contributed by atoms with Gasteiger partial charge in [0.15, 0.2) is 0 Å². The molecule has 0 bridgehead atoms. The van der Waals surface area contributed by atoms with Gasteiger partial charge in [-0.15, -0.1) is 0 Å². The number of aryl methyl sites for hydroxylation is 1. The molecule has 1 heterocycles. The van der Waals surface area contributed by atoms with E-state index in [0.717, 1.165) is 28.3 Å². The van der Waals surface area contributed by atoms with Gasteiger partial charge in [0, 0.05) is 22.9 Å². The van der Waals surface area contributed by atoms with Gasteiger partial charge in [-0.2, -0.15) is 0 Å². The minimum Gasteiger partial charge on any atom is -0.367 e. The van der Waals surface area contributed by atoms with Crippen LogP contribution in [0.15, 0.2) is 85.1 Å². The summed E-state index contributed by atoms with van der Waals surface area (Å²) in [6, 6.07) is 26.5.